The third-order valence-electron chi connectivity index (χ3n) is 1.40. The molecule has 0 aromatic heterocycles. The van der Waals surface area contributed by atoms with Crippen LogP contribution in [0.4, 0.5) is 0 Å². The van der Waals surface area contributed by atoms with Gasteiger partial charge in [-0.2, -0.15) is 0 Å². The van der Waals surface area contributed by atoms with Crippen molar-refractivity contribution in [1.82, 2.24) is 0 Å². The van der Waals surface area contributed by atoms with Gasteiger partial charge in [0.15, 0.2) is 0 Å². The summed E-state index contributed by atoms with van der Waals surface area (Å²) in [7, 11) is 1.30. The van der Waals surface area contributed by atoms with Crippen LogP contribution in [0.2, 0.25) is 0 Å². The van der Waals surface area contributed by atoms with Crippen molar-refractivity contribution in [2.75, 3.05) is 27.4 Å². The SMILES string of the molecule is CO[SiH](OC)OCCCOC(C)(C)N. The topological polar surface area (TPSA) is 62.9 Å². The van der Waals surface area contributed by atoms with E-state index < -0.39 is 15.3 Å². The van der Waals surface area contributed by atoms with Crippen LogP contribution < -0.4 is 5.73 Å². The first-order chi connectivity index (χ1) is 6.49. The number of hydrogen-bond acceptors (Lipinski definition) is 5. The fourth-order valence-corrected chi connectivity index (χ4v) is 1.63. The fraction of sp³-hybridized carbons (Fsp3) is 1.00. The second-order valence-electron chi connectivity index (χ2n) is 3.44. The highest BCUT2D eigenvalue weighted by Gasteiger charge is 2.12. The van der Waals surface area contributed by atoms with Crippen molar-refractivity contribution in [3.05, 3.63) is 0 Å². The minimum absolute atomic E-state index is 0.570. The summed E-state index contributed by atoms with van der Waals surface area (Å²) < 4.78 is 20.6. The zero-order valence-electron chi connectivity index (χ0n) is 9.41. The lowest BCUT2D eigenvalue weighted by molar-refractivity contribution is -0.0189. The molecule has 2 N–H and O–H groups in total. The number of hydrogen-bond donors (Lipinski definition) is 1. The Balaban J connectivity index is 3.29. The van der Waals surface area contributed by atoms with Crippen LogP contribution in [0.3, 0.4) is 0 Å². The van der Waals surface area contributed by atoms with Gasteiger partial charge in [0.1, 0.15) is 5.72 Å². The summed E-state index contributed by atoms with van der Waals surface area (Å²) in [6, 6.07) is 0. The van der Waals surface area contributed by atoms with E-state index in [1.807, 2.05) is 13.8 Å². The third-order valence-corrected chi connectivity index (χ3v) is 2.68. The first-order valence-electron chi connectivity index (χ1n) is 4.59. The van der Waals surface area contributed by atoms with Crippen LogP contribution in [0, 0.1) is 0 Å². The van der Waals surface area contributed by atoms with E-state index in [2.05, 4.69) is 0 Å². The van der Waals surface area contributed by atoms with Crippen molar-refractivity contribution in [2.24, 2.45) is 5.73 Å². The Hall–Kier alpha value is 0.0169. The molecule has 0 saturated heterocycles. The van der Waals surface area contributed by atoms with Gasteiger partial charge >= 0.3 is 9.53 Å². The van der Waals surface area contributed by atoms with Crippen LogP contribution in [0.1, 0.15) is 20.3 Å². The Bertz CT molecular complexity index is 136. The maximum atomic E-state index is 5.63. The van der Waals surface area contributed by atoms with Gasteiger partial charge in [-0.1, -0.05) is 0 Å². The molecule has 5 nitrogen and oxygen atoms in total. The molecular weight excluding hydrogens is 202 g/mol. The Morgan fingerprint density at radius 2 is 1.71 bits per heavy atom. The van der Waals surface area contributed by atoms with Crippen LogP contribution in [0.15, 0.2) is 0 Å². The highest BCUT2D eigenvalue weighted by Crippen LogP contribution is 2.00. The van der Waals surface area contributed by atoms with Gasteiger partial charge in [-0.05, 0) is 20.3 Å². The van der Waals surface area contributed by atoms with Crippen LogP contribution in [0.5, 0.6) is 0 Å². The monoisotopic (exact) mass is 223 g/mol. The molecule has 0 fully saturated rings. The molecule has 14 heavy (non-hydrogen) atoms. The Labute approximate surface area is 87.4 Å². The highest BCUT2D eigenvalue weighted by atomic mass is 28.3. The van der Waals surface area contributed by atoms with E-state index in [9.17, 15) is 0 Å². The number of rotatable bonds is 8. The average molecular weight is 223 g/mol. The predicted octanol–water partition coefficient (Wildman–Crippen LogP) is 0.115. The molecule has 0 heterocycles. The van der Waals surface area contributed by atoms with Gasteiger partial charge in [-0.15, -0.1) is 0 Å². The lowest BCUT2D eigenvalue weighted by Crippen LogP contribution is -2.36. The minimum atomic E-state index is -1.86. The molecule has 0 aliphatic carbocycles. The number of ether oxygens (including phenoxy) is 1. The van der Waals surface area contributed by atoms with E-state index in [-0.39, 0.29) is 0 Å². The molecule has 0 rings (SSSR count). The maximum Gasteiger partial charge on any atom is 0.483 e. The first-order valence-corrected chi connectivity index (χ1v) is 6.01. The van der Waals surface area contributed by atoms with Crippen molar-refractivity contribution >= 4 is 9.53 Å². The summed E-state index contributed by atoms with van der Waals surface area (Å²) in [4.78, 5) is 0. The largest absolute Gasteiger partial charge is 0.483 e. The van der Waals surface area contributed by atoms with Crippen molar-refractivity contribution in [1.29, 1.82) is 0 Å². The van der Waals surface area contributed by atoms with Crippen LogP contribution in [-0.4, -0.2) is 42.7 Å². The smallest absolute Gasteiger partial charge is 0.379 e. The van der Waals surface area contributed by atoms with Crippen molar-refractivity contribution < 1.29 is 18.0 Å². The van der Waals surface area contributed by atoms with E-state index in [4.69, 9.17) is 23.7 Å². The lowest BCUT2D eigenvalue weighted by atomic mass is 10.3. The molecular formula is C8H21NO4Si. The molecule has 0 aromatic rings. The summed E-state index contributed by atoms with van der Waals surface area (Å²) in [5.74, 6) is 0. The zero-order chi connectivity index (χ0) is 11.0. The normalized spacial score (nSPS) is 12.4. The maximum absolute atomic E-state index is 5.63. The Morgan fingerprint density at radius 3 is 2.14 bits per heavy atom. The van der Waals surface area contributed by atoms with E-state index in [1.165, 1.54) is 0 Å². The van der Waals surface area contributed by atoms with E-state index in [0.717, 1.165) is 6.42 Å². The summed E-state index contributed by atoms with van der Waals surface area (Å²) in [5.41, 5.74) is 5.06. The molecule has 0 saturated carbocycles. The van der Waals surface area contributed by atoms with E-state index in [1.54, 1.807) is 14.2 Å². The van der Waals surface area contributed by atoms with E-state index >= 15 is 0 Å². The molecule has 0 bridgehead atoms. The minimum Gasteiger partial charge on any atom is -0.379 e. The quantitative estimate of drug-likeness (QED) is 0.359. The third kappa shape index (κ3) is 8.61. The van der Waals surface area contributed by atoms with Gasteiger partial charge in [0.2, 0.25) is 0 Å². The Kier molecular flexibility index (Phi) is 7.34. The van der Waals surface area contributed by atoms with Gasteiger partial charge in [0.05, 0.1) is 6.61 Å². The van der Waals surface area contributed by atoms with Gasteiger partial charge < -0.3 is 23.7 Å². The van der Waals surface area contributed by atoms with Crippen molar-refractivity contribution in [2.45, 2.75) is 26.0 Å². The fourth-order valence-electron chi connectivity index (χ4n) is 0.806. The summed E-state index contributed by atoms with van der Waals surface area (Å²) in [5, 5.41) is 0. The first kappa shape index (κ1) is 14.0. The van der Waals surface area contributed by atoms with Crippen LogP contribution in [0.25, 0.3) is 0 Å². The molecule has 0 radical (unpaired) electrons. The van der Waals surface area contributed by atoms with Crippen LogP contribution >= 0.6 is 0 Å². The number of nitrogens with two attached hydrogens (primary N) is 1. The summed E-state index contributed by atoms with van der Waals surface area (Å²) in [6.45, 7) is 4.79. The molecule has 0 aliphatic rings. The molecule has 86 valence electrons. The summed E-state index contributed by atoms with van der Waals surface area (Å²) in [6.07, 6.45) is 0.789. The molecule has 0 unspecified atom stereocenters. The van der Waals surface area contributed by atoms with Gasteiger partial charge in [0.25, 0.3) is 0 Å². The summed E-state index contributed by atoms with van der Waals surface area (Å²) >= 11 is 0. The molecule has 0 atom stereocenters. The molecule has 0 aromatic carbocycles. The second kappa shape index (κ2) is 7.33. The van der Waals surface area contributed by atoms with Crippen LogP contribution in [-0.2, 0) is 18.0 Å². The molecule has 0 aliphatic heterocycles. The van der Waals surface area contributed by atoms with Crippen molar-refractivity contribution in [3.63, 3.8) is 0 Å². The Morgan fingerprint density at radius 1 is 1.14 bits per heavy atom. The van der Waals surface area contributed by atoms with Gasteiger partial charge in [-0.25, -0.2) is 0 Å². The van der Waals surface area contributed by atoms with E-state index in [0.29, 0.717) is 13.2 Å². The standard InChI is InChI=1S/C8H21NO4Si/c1-8(2,9)12-6-5-7-13-14(10-3)11-4/h14H,5-7,9H2,1-4H3. The molecule has 0 spiro atoms. The van der Waals surface area contributed by atoms with Gasteiger partial charge in [-0.3, -0.25) is 0 Å². The molecule has 6 heteroatoms. The second-order valence-corrected chi connectivity index (χ2v) is 5.29. The highest BCUT2D eigenvalue weighted by molar-refractivity contribution is 6.36. The van der Waals surface area contributed by atoms with Gasteiger partial charge in [0, 0.05) is 20.8 Å². The van der Waals surface area contributed by atoms with Crippen molar-refractivity contribution in [3.8, 4) is 0 Å². The zero-order valence-corrected chi connectivity index (χ0v) is 10.6. The molecule has 0 amide bonds. The predicted molar refractivity (Wildman–Crippen MR) is 56.0 cm³/mol. The lowest BCUT2D eigenvalue weighted by Gasteiger charge is -2.19. The average Bonchev–Trinajstić information content (AvgIpc) is 2.09.